The van der Waals surface area contributed by atoms with E-state index in [0.29, 0.717) is 103 Å². The summed E-state index contributed by atoms with van der Waals surface area (Å²) in [5.41, 5.74) is 15.4. The van der Waals surface area contributed by atoms with Crippen LogP contribution in [0.4, 0.5) is 17.1 Å². The molecule has 0 spiro atoms. The van der Waals surface area contributed by atoms with Crippen molar-refractivity contribution in [1.82, 2.24) is 68.7 Å². The number of anilines is 3. The topological polar surface area (TPSA) is 369 Å². The fraction of sp³-hybridized carbons (Fsp3) is 0.384. The second-order valence-corrected chi connectivity index (χ2v) is 37.3. The molecule has 31 heteroatoms. The number of rotatable bonds is 17. The summed E-state index contributed by atoms with van der Waals surface area (Å²) in [5, 5.41) is 75.5. The molecular weight excluding hydrogens is 1540 g/mol. The van der Waals surface area contributed by atoms with E-state index in [0.717, 1.165) is 99.6 Å². The average Bonchev–Trinajstić information content (AvgIpc) is 1.17. The Bertz CT molecular complexity index is 6520. The zero-order chi connectivity index (χ0) is 83.9. The SMILES string of the molecule is CC(C)(C)CNc1c(C#N)cnc2c(Cl)cc(N)cc12.Cn1ccc2c(C(Cc3cc(Cl)c4ncc(C#N)c(NCC(C)(C)C)c4c3)c3cn(C45CC(C4)C5)nn3)cccc2c1=O.Cn1ccc2c(C(O)c3cn(C45CC(C4)C5)nn3)cccc2c1=O.Cn1ccc2c(C(OS(C)(=O)=O)c3cn(C45CC(C4)C5)nn3)cccc2c1=O.[2H]B=N. The molecule has 0 aliphatic heterocycles. The molecule has 9 saturated carbocycles. The molecule has 22 rings (SSSR count). The molecule has 600 valence electrons. The number of nitrogens with zero attached hydrogens (tertiary/aromatic N) is 16. The van der Waals surface area contributed by atoms with Crippen molar-refractivity contribution in [1.29, 1.82) is 17.2 Å². The molecule has 117 heavy (non-hydrogen) atoms. The minimum atomic E-state index is -3.77. The summed E-state index contributed by atoms with van der Waals surface area (Å²) in [7, 11) is 1.89. The molecule has 13 aromatic rings. The van der Waals surface area contributed by atoms with Gasteiger partial charge in [0.15, 0.2) is 0 Å². The van der Waals surface area contributed by atoms with Crippen LogP contribution in [0.25, 0.3) is 54.1 Å². The summed E-state index contributed by atoms with van der Waals surface area (Å²) in [6.45, 7) is 14.2. The standard InChI is InChI=1S/C34H34ClN7O.C19H20N4O4S.C18H18N4O2.C15H17ClN4.BH2N/c1-33(2,3)19-38-30-22(16-36)17-37-31-27(30)11-20(12-28(31)35)10-26(29-18-42(40-39-29)34-13-21(14-34)15-34)23-6-5-7-25-24(23)8-9-41(4)32(25)43;1-22-7-6-13-14(4-3-5-15(13)18(22)24)17(27-28(2,25)26)16-11-23(21-20-16)19-8-12(9-19)10-19;1-21-6-5-12-13(3-2-4-14(12)17(21)24)16(23)15-10-22(20-19-15)18-7-11(8-18)9-18;1-15(2,3)8-20-13-9(6-17)7-19-14-11(13)4-10(18)5-12(14)16;1-2/h5-9,11-12,17-18,21,26H,10,13-15,19H2,1-4H3,(H,37,38);3-7,11-12,17H,8-10H2,1-2H3;2-6,10-11,16,23H,7-9H2,1H3;4-5,7H,8,18H2,1-3H3,(H,19,20);1-2H/i;;;;1D. The van der Waals surface area contributed by atoms with Crippen LogP contribution in [-0.4, -0.2) is 110 Å². The molecule has 9 aliphatic carbocycles. The molecule has 27 nitrogen and oxygen atoms in total. The number of benzene rings is 5. The molecule has 3 unspecified atom stereocenters. The van der Waals surface area contributed by atoms with E-state index in [2.05, 4.69) is 123 Å². The number of aromatic nitrogens is 14. The zero-order valence-corrected chi connectivity index (χ0v) is 69.0. The number of aryl methyl sites for hydroxylation is 3. The summed E-state index contributed by atoms with van der Waals surface area (Å²) in [6, 6.07) is 34.2. The molecule has 0 radical (unpaired) electrons. The Morgan fingerprint density at radius 1 is 0.590 bits per heavy atom. The third-order valence-electron chi connectivity index (χ3n) is 23.8. The van der Waals surface area contributed by atoms with Gasteiger partial charge in [-0.05, 0) is 192 Å². The van der Waals surface area contributed by atoms with Crippen LogP contribution in [0.3, 0.4) is 0 Å². The van der Waals surface area contributed by atoms with Crippen LogP contribution in [-0.2, 0) is 58.5 Å². The first-order valence-electron chi connectivity index (χ1n) is 39.4. The van der Waals surface area contributed by atoms with Crippen LogP contribution in [0, 0.1) is 56.6 Å². The number of fused-ring (bicyclic) bond motifs is 5. The molecule has 8 heterocycles. The van der Waals surface area contributed by atoms with Crippen LogP contribution in [0.2, 0.25) is 10.0 Å². The van der Waals surface area contributed by atoms with Gasteiger partial charge < -0.3 is 35.2 Å². The predicted molar refractivity (Wildman–Crippen MR) is 454 cm³/mol. The molecule has 5 aromatic carbocycles. The van der Waals surface area contributed by atoms with Crippen LogP contribution in [0.1, 0.15) is 168 Å². The van der Waals surface area contributed by atoms with Crippen molar-refractivity contribution in [2.75, 3.05) is 35.7 Å². The number of pyridine rings is 5. The van der Waals surface area contributed by atoms with Crippen LogP contribution < -0.4 is 33.0 Å². The van der Waals surface area contributed by atoms with E-state index < -0.39 is 22.3 Å². The van der Waals surface area contributed by atoms with Gasteiger partial charge in [0, 0.05) is 110 Å². The fourth-order valence-electron chi connectivity index (χ4n) is 17.2. The number of hydrogen-bond donors (Lipinski definition) is 5. The van der Waals surface area contributed by atoms with Crippen molar-refractivity contribution in [2.45, 2.75) is 140 Å². The predicted octanol–water partition coefficient (Wildman–Crippen LogP) is 13.4. The Morgan fingerprint density at radius 2 is 0.974 bits per heavy atom. The van der Waals surface area contributed by atoms with E-state index in [1.165, 1.54) is 53.9 Å². The van der Waals surface area contributed by atoms with Crippen molar-refractivity contribution in [3.8, 4) is 12.1 Å². The minimum absolute atomic E-state index is 0.00641. The molecule has 9 aliphatic rings. The van der Waals surface area contributed by atoms with Crippen LogP contribution in [0.5, 0.6) is 0 Å². The number of nitrogens with one attached hydrogen (secondary N) is 3. The first-order chi connectivity index (χ1) is 56.1. The summed E-state index contributed by atoms with van der Waals surface area (Å²) < 4.78 is 45.6. The summed E-state index contributed by atoms with van der Waals surface area (Å²) in [4.78, 5) is 46.6. The van der Waals surface area contributed by atoms with Crippen molar-refractivity contribution >= 4 is 112 Å². The Labute approximate surface area is 687 Å². The third kappa shape index (κ3) is 15.5. The Kier molecular flexibility index (Phi) is 21.0. The number of aliphatic hydroxyl groups excluding tert-OH is 1. The molecule has 8 aromatic heterocycles. The van der Waals surface area contributed by atoms with Crippen LogP contribution >= 0.6 is 23.2 Å². The van der Waals surface area contributed by atoms with Gasteiger partial charge in [-0.3, -0.25) is 28.5 Å². The first-order valence-corrected chi connectivity index (χ1v) is 41.4. The van der Waals surface area contributed by atoms with E-state index >= 15 is 0 Å². The van der Waals surface area contributed by atoms with Crippen molar-refractivity contribution in [3.05, 3.63) is 238 Å². The van der Waals surface area contributed by atoms with E-state index in [9.17, 15) is 38.4 Å². The quantitative estimate of drug-likeness (QED) is 0.0321. The van der Waals surface area contributed by atoms with E-state index in [4.69, 9.17) is 44.9 Å². The van der Waals surface area contributed by atoms with Crippen molar-refractivity contribution in [3.63, 3.8) is 0 Å². The molecule has 9 fully saturated rings. The second kappa shape index (κ2) is 30.9. The normalized spacial score (nSPS) is 20.6. The number of hydrogen-bond acceptors (Lipinski definition) is 21. The van der Waals surface area contributed by atoms with Gasteiger partial charge in [0.05, 0.1) is 84.5 Å². The number of nitrogen functional groups attached to an aromatic ring is 1. The number of nitriles is 2. The molecule has 6 N–H and O–H groups in total. The second-order valence-electron chi connectivity index (χ2n) is 34.9. The summed E-state index contributed by atoms with van der Waals surface area (Å²) in [6.07, 6.45) is 24.1. The Hall–Kier alpha value is -11.3. The van der Waals surface area contributed by atoms with Gasteiger partial charge in [0.25, 0.3) is 26.8 Å². The molecule has 0 saturated heterocycles. The Balaban J connectivity index is 0.000000127. The number of nitrogens with two attached hydrogens (primary N) is 1. The maximum absolute atomic E-state index is 13.1. The summed E-state index contributed by atoms with van der Waals surface area (Å²) >= 11 is 13.0. The van der Waals surface area contributed by atoms with Gasteiger partial charge in [0.2, 0.25) is 0 Å². The monoisotopic (exact) mass is 1630 g/mol. The van der Waals surface area contributed by atoms with Crippen molar-refractivity contribution < 1.29 is 17.7 Å². The van der Waals surface area contributed by atoms with Gasteiger partial charge in [-0.15, -0.1) is 15.3 Å². The third-order valence-corrected chi connectivity index (χ3v) is 24.9. The van der Waals surface area contributed by atoms with Gasteiger partial charge in [0.1, 0.15) is 35.7 Å². The number of halogens is 2. The molecular formula is C86H91BCl2N20O7S. The molecule has 6 bridgehead atoms. The summed E-state index contributed by atoms with van der Waals surface area (Å²) in [5.74, 6) is 2.29. The van der Waals surface area contributed by atoms with Crippen molar-refractivity contribution in [2.24, 2.45) is 49.7 Å². The van der Waals surface area contributed by atoms with E-state index in [-0.39, 0.29) is 50.0 Å². The van der Waals surface area contributed by atoms with E-state index in [1.54, 1.807) is 99.0 Å². The molecule has 3 atom stereocenters. The Morgan fingerprint density at radius 3 is 1.40 bits per heavy atom. The van der Waals surface area contributed by atoms with Crippen LogP contribution in [0.15, 0.2) is 161 Å². The van der Waals surface area contributed by atoms with Gasteiger partial charge >= 0.3 is 14.3 Å². The fourth-order valence-corrected chi connectivity index (χ4v) is 18.3. The first kappa shape index (κ1) is 79.5. The van der Waals surface area contributed by atoms with Gasteiger partial charge in [-0.25, -0.2) is 14.0 Å². The average molecular weight is 1630 g/mol. The van der Waals surface area contributed by atoms with E-state index in [1.807, 2.05) is 58.2 Å². The maximum atomic E-state index is 13.1. The van der Waals surface area contributed by atoms with Gasteiger partial charge in [-0.2, -0.15) is 18.9 Å². The molecule has 0 amide bonds. The number of aliphatic hydroxyl groups is 1. The van der Waals surface area contributed by atoms with Gasteiger partial charge in [-0.1, -0.05) is 117 Å². The zero-order valence-electron chi connectivity index (χ0n) is 67.7.